The van der Waals surface area contributed by atoms with Gasteiger partial charge < -0.3 is 10.4 Å². The molecule has 0 saturated carbocycles. The van der Waals surface area contributed by atoms with Gasteiger partial charge in [0, 0.05) is 11.1 Å². The van der Waals surface area contributed by atoms with Crippen molar-refractivity contribution >= 4 is 28.1 Å². The molecule has 5 heteroatoms. The van der Waals surface area contributed by atoms with E-state index in [9.17, 15) is 4.79 Å². The maximum absolute atomic E-state index is 10.6. The summed E-state index contributed by atoms with van der Waals surface area (Å²) < 4.78 is 0. The molecule has 106 valence electrons. The molecule has 0 bridgehead atoms. The number of aryl methyl sites for hydroxylation is 1. The van der Waals surface area contributed by atoms with Gasteiger partial charge in [0.1, 0.15) is 0 Å². The van der Waals surface area contributed by atoms with Crippen molar-refractivity contribution in [2.24, 2.45) is 0 Å². The molecule has 0 spiro atoms. The predicted molar refractivity (Wildman–Crippen MR) is 81.8 cm³/mol. The minimum absolute atomic E-state index is 0.0336. The van der Waals surface area contributed by atoms with Gasteiger partial charge in [-0.2, -0.15) is 0 Å². The fraction of sp³-hybridized carbons (Fsp3) is 0.333. The standard InChI is InChI=1S/C15H18N2O2S/c1-2-3-4-11-5-7-12(8-6-11)16-15-17-13(10-20-15)9-14(18)19/h5-8,10H,2-4,9H2,1H3,(H,16,17)(H,18,19). The third kappa shape index (κ3) is 4.35. The van der Waals surface area contributed by atoms with Crippen molar-refractivity contribution in [3.63, 3.8) is 0 Å². The largest absolute Gasteiger partial charge is 0.481 e. The van der Waals surface area contributed by atoms with Crippen LogP contribution < -0.4 is 5.32 Å². The number of hydrogen-bond acceptors (Lipinski definition) is 4. The van der Waals surface area contributed by atoms with Crippen LogP contribution in [-0.4, -0.2) is 16.1 Å². The second kappa shape index (κ2) is 7.05. The van der Waals surface area contributed by atoms with Crippen LogP contribution in [0.5, 0.6) is 0 Å². The lowest BCUT2D eigenvalue weighted by atomic mass is 10.1. The number of anilines is 2. The average molecular weight is 290 g/mol. The summed E-state index contributed by atoms with van der Waals surface area (Å²) in [5.41, 5.74) is 2.90. The number of carbonyl (C=O) groups is 1. The summed E-state index contributed by atoms with van der Waals surface area (Å²) in [6, 6.07) is 8.29. The summed E-state index contributed by atoms with van der Waals surface area (Å²) in [5.74, 6) is -0.859. The van der Waals surface area contributed by atoms with Crippen molar-refractivity contribution in [2.75, 3.05) is 5.32 Å². The zero-order chi connectivity index (χ0) is 14.4. The highest BCUT2D eigenvalue weighted by molar-refractivity contribution is 7.13. The lowest BCUT2D eigenvalue weighted by Gasteiger charge is -2.04. The lowest BCUT2D eigenvalue weighted by molar-refractivity contribution is -0.136. The number of aromatic nitrogens is 1. The van der Waals surface area contributed by atoms with Crippen LogP contribution in [0.25, 0.3) is 0 Å². The minimum atomic E-state index is -0.859. The zero-order valence-electron chi connectivity index (χ0n) is 11.4. The highest BCUT2D eigenvalue weighted by atomic mass is 32.1. The van der Waals surface area contributed by atoms with Crippen LogP contribution in [0.1, 0.15) is 31.0 Å². The smallest absolute Gasteiger partial charge is 0.309 e. The molecular weight excluding hydrogens is 272 g/mol. The molecule has 1 aromatic heterocycles. The molecule has 0 fully saturated rings. The average Bonchev–Trinajstić information content (AvgIpc) is 2.84. The Labute approximate surface area is 122 Å². The van der Waals surface area contributed by atoms with Crippen molar-refractivity contribution < 1.29 is 9.90 Å². The highest BCUT2D eigenvalue weighted by Crippen LogP contribution is 2.21. The number of hydrogen-bond donors (Lipinski definition) is 2. The predicted octanol–water partition coefficient (Wildman–Crippen LogP) is 3.86. The maximum Gasteiger partial charge on any atom is 0.309 e. The number of carboxylic acid groups (broad SMARTS) is 1. The molecule has 2 N–H and O–H groups in total. The Bertz CT molecular complexity index is 564. The van der Waals surface area contributed by atoms with E-state index in [1.54, 1.807) is 5.38 Å². The molecule has 1 heterocycles. The molecule has 0 saturated heterocycles. The van der Waals surface area contributed by atoms with Crippen molar-refractivity contribution in [1.82, 2.24) is 4.98 Å². The number of thiazole rings is 1. The van der Waals surface area contributed by atoms with E-state index in [1.165, 1.54) is 29.7 Å². The van der Waals surface area contributed by atoms with Crippen LogP contribution in [0.4, 0.5) is 10.8 Å². The topological polar surface area (TPSA) is 62.2 Å². The monoisotopic (exact) mass is 290 g/mol. The Morgan fingerprint density at radius 1 is 1.35 bits per heavy atom. The van der Waals surface area contributed by atoms with Gasteiger partial charge in [0.05, 0.1) is 12.1 Å². The van der Waals surface area contributed by atoms with Gasteiger partial charge in [0.25, 0.3) is 0 Å². The van der Waals surface area contributed by atoms with E-state index in [0.717, 1.165) is 17.2 Å². The Balaban J connectivity index is 1.95. The Morgan fingerprint density at radius 2 is 2.10 bits per heavy atom. The number of aliphatic carboxylic acids is 1. The first kappa shape index (κ1) is 14.5. The van der Waals surface area contributed by atoms with E-state index < -0.39 is 5.97 Å². The molecule has 4 nitrogen and oxygen atoms in total. The van der Waals surface area contributed by atoms with Gasteiger partial charge in [0.15, 0.2) is 5.13 Å². The Kier molecular flexibility index (Phi) is 5.12. The molecule has 0 unspecified atom stereocenters. The number of unbranched alkanes of at least 4 members (excludes halogenated alkanes) is 1. The molecule has 2 rings (SSSR count). The van der Waals surface area contributed by atoms with Crippen LogP contribution in [0.2, 0.25) is 0 Å². The van der Waals surface area contributed by atoms with Gasteiger partial charge in [-0.05, 0) is 30.5 Å². The summed E-state index contributed by atoms with van der Waals surface area (Å²) in [5, 5.41) is 14.4. The van der Waals surface area contributed by atoms with Crippen LogP contribution >= 0.6 is 11.3 Å². The molecule has 0 aliphatic carbocycles. The van der Waals surface area contributed by atoms with E-state index in [4.69, 9.17) is 5.11 Å². The van der Waals surface area contributed by atoms with Crippen molar-refractivity contribution in [2.45, 2.75) is 32.6 Å². The van der Waals surface area contributed by atoms with Crippen molar-refractivity contribution in [3.05, 3.63) is 40.9 Å². The van der Waals surface area contributed by atoms with Crippen LogP contribution in [0.15, 0.2) is 29.6 Å². The van der Waals surface area contributed by atoms with E-state index in [-0.39, 0.29) is 6.42 Å². The molecule has 0 aliphatic heterocycles. The van der Waals surface area contributed by atoms with Crippen molar-refractivity contribution in [3.8, 4) is 0 Å². The van der Waals surface area contributed by atoms with Gasteiger partial charge >= 0.3 is 5.97 Å². The molecule has 20 heavy (non-hydrogen) atoms. The van der Waals surface area contributed by atoms with E-state index in [1.807, 2.05) is 12.1 Å². The molecule has 0 amide bonds. The molecule has 0 aliphatic rings. The molecular formula is C15H18N2O2S. The zero-order valence-corrected chi connectivity index (χ0v) is 12.2. The number of nitrogens with one attached hydrogen (secondary N) is 1. The number of benzene rings is 1. The van der Waals surface area contributed by atoms with Crippen LogP contribution in [0, 0.1) is 0 Å². The van der Waals surface area contributed by atoms with E-state index in [2.05, 4.69) is 29.4 Å². The quantitative estimate of drug-likeness (QED) is 0.813. The van der Waals surface area contributed by atoms with Gasteiger partial charge in [-0.3, -0.25) is 4.79 Å². The summed E-state index contributed by atoms with van der Waals surface area (Å²) in [6.45, 7) is 2.19. The van der Waals surface area contributed by atoms with E-state index >= 15 is 0 Å². The Hall–Kier alpha value is -1.88. The van der Waals surface area contributed by atoms with Gasteiger partial charge in [-0.1, -0.05) is 25.5 Å². The first-order valence-corrected chi connectivity index (χ1v) is 7.57. The maximum atomic E-state index is 10.6. The third-order valence-electron chi connectivity index (χ3n) is 2.91. The highest BCUT2D eigenvalue weighted by Gasteiger charge is 2.06. The summed E-state index contributed by atoms with van der Waals surface area (Å²) in [6.07, 6.45) is 3.48. The lowest BCUT2D eigenvalue weighted by Crippen LogP contribution is -2.00. The summed E-state index contributed by atoms with van der Waals surface area (Å²) in [4.78, 5) is 14.8. The van der Waals surface area contributed by atoms with E-state index in [0.29, 0.717) is 5.69 Å². The van der Waals surface area contributed by atoms with Gasteiger partial charge in [0.2, 0.25) is 0 Å². The Morgan fingerprint density at radius 3 is 2.75 bits per heavy atom. The number of rotatable bonds is 7. The summed E-state index contributed by atoms with van der Waals surface area (Å²) in [7, 11) is 0. The second-order valence-corrected chi connectivity index (χ2v) is 5.50. The molecule has 0 radical (unpaired) electrons. The van der Waals surface area contributed by atoms with Gasteiger partial charge in [-0.25, -0.2) is 4.98 Å². The third-order valence-corrected chi connectivity index (χ3v) is 3.71. The molecule has 0 atom stereocenters. The van der Waals surface area contributed by atoms with Gasteiger partial charge in [-0.15, -0.1) is 11.3 Å². The number of nitrogens with zero attached hydrogens (tertiary/aromatic N) is 1. The second-order valence-electron chi connectivity index (χ2n) is 4.64. The van der Waals surface area contributed by atoms with Crippen LogP contribution in [-0.2, 0) is 17.6 Å². The fourth-order valence-electron chi connectivity index (χ4n) is 1.86. The minimum Gasteiger partial charge on any atom is -0.481 e. The number of carboxylic acids is 1. The first-order chi connectivity index (χ1) is 9.67. The molecule has 2 aromatic rings. The van der Waals surface area contributed by atoms with Crippen molar-refractivity contribution in [1.29, 1.82) is 0 Å². The summed E-state index contributed by atoms with van der Waals surface area (Å²) >= 11 is 1.42. The first-order valence-electron chi connectivity index (χ1n) is 6.69. The SMILES string of the molecule is CCCCc1ccc(Nc2nc(CC(=O)O)cs2)cc1. The fourth-order valence-corrected chi connectivity index (χ4v) is 2.59. The normalized spacial score (nSPS) is 10.4. The molecule has 1 aromatic carbocycles. The van der Waals surface area contributed by atoms with Crippen LogP contribution in [0.3, 0.4) is 0 Å².